The van der Waals surface area contributed by atoms with Crippen molar-refractivity contribution in [2.24, 2.45) is 17.8 Å². The van der Waals surface area contributed by atoms with Gasteiger partial charge in [-0.15, -0.1) is 0 Å². The van der Waals surface area contributed by atoms with Gasteiger partial charge in [0.25, 0.3) is 0 Å². The summed E-state index contributed by atoms with van der Waals surface area (Å²) in [6.07, 6.45) is 5.91. The van der Waals surface area contributed by atoms with Crippen molar-refractivity contribution in [3.8, 4) is 0 Å². The summed E-state index contributed by atoms with van der Waals surface area (Å²) in [6.45, 7) is 10.6. The van der Waals surface area contributed by atoms with E-state index in [0.29, 0.717) is 6.10 Å². The zero-order valence-corrected chi connectivity index (χ0v) is 9.12. The third-order valence-corrected chi connectivity index (χ3v) is 3.23. The van der Waals surface area contributed by atoms with Crippen LogP contribution in [0.25, 0.3) is 0 Å². The molecular weight excluding hydrogens is 160 g/mol. The van der Waals surface area contributed by atoms with Crippen LogP contribution < -0.4 is 0 Å². The van der Waals surface area contributed by atoms with E-state index >= 15 is 0 Å². The van der Waals surface area contributed by atoms with Gasteiger partial charge in [-0.2, -0.15) is 0 Å². The highest BCUT2D eigenvalue weighted by Gasteiger charge is 2.31. The first kappa shape index (κ1) is 10.6. The van der Waals surface area contributed by atoms with Gasteiger partial charge in [0, 0.05) is 0 Å². The summed E-state index contributed by atoms with van der Waals surface area (Å²) in [6, 6.07) is 0. The Morgan fingerprint density at radius 2 is 2.08 bits per heavy atom. The van der Waals surface area contributed by atoms with Crippen LogP contribution in [0.15, 0.2) is 12.8 Å². The van der Waals surface area contributed by atoms with E-state index in [1.807, 2.05) is 0 Å². The quantitative estimate of drug-likeness (QED) is 0.606. The monoisotopic (exact) mass is 182 g/mol. The number of hydrogen-bond acceptors (Lipinski definition) is 1. The van der Waals surface area contributed by atoms with Crippen LogP contribution in [-0.2, 0) is 4.74 Å². The van der Waals surface area contributed by atoms with Gasteiger partial charge in [-0.05, 0) is 30.6 Å². The Labute approximate surface area is 82.2 Å². The molecule has 76 valence electrons. The molecule has 0 aromatic heterocycles. The molecule has 1 rings (SSSR count). The van der Waals surface area contributed by atoms with Gasteiger partial charge in [0.15, 0.2) is 0 Å². The number of ether oxygens (including phenoxy) is 1. The lowest BCUT2D eigenvalue weighted by Crippen LogP contribution is -2.33. The van der Waals surface area contributed by atoms with Crippen molar-refractivity contribution in [1.82, 2.24) is 0 Å². The molecule has 0 heterocycles. The van der Waals surface area contributed by atoms with Gasteiger partial charge in [-0.3, -0.25) is 0 Å². The van der Waals surface area contributed by atoms with Crippen LogP contribution in [0.2, 0.25) is 0 Å². The molecule has 0 unspecified atom stereocenters. The van der Waals surface area contributed by atoms with Gasteiger partial charge in [0.1, 0.15) is 6.10 Å². The minimum Gasteiger partial charge on any atom is -0.498 e. The standard InChI is InChI=1S/C12H22O/c1-5-13-12-8-10(4)6-7-11(12)9(2)3/h5,9-12H,1,6-8H2,2-4H3/t10-,11+,12-/m0/s1. The van der Waals surface area contributed by atoms with Crippen molar-refractivity contribution in [2.75, 3.05) is 0 Å². The van der Waals surface area contributed by atoms with E-state index in [4.69, 9.17) is 4.74 Å². The first-order chi connectivity index (χ1) is 6.15. The fraction of sp³-hybridized carbons (Fsp3) is 0.833. The molecule has 0 aromatic rings. The Hall–Kier alpha value is -0.460. The van der Waals surface area contributed by atoms with E-state index < -0.39 is 0 Å². The van der Waals surface area contributed by atoms with E-state index in [0.717, 1.165) is 17.8 Å². The average Bonchev–Trinajstić information content (AvgIpc) is 2.04. The zero-order chi connectivity index (χ0) is 9.84. The molecule has 1 nitrogen and oxygen atoms in total. The molecule has 0 radical (unpaired) electrons. The second kappa shape index (κ2) is 4.69. The molecule has 0 N–H and O–H groups in total. The number of hydrogen-bond donors (Lipinski definition) is 0. The predicted molar refractivity (Wildman–Crippen MR) is 56.4 cm³/mol. The van der Waals surface area contributed by atoms with Gasteiger partial charge in [-0.25, -0.2) is 0 Å². The molecule has 0 aromatic carbocycles. The molecule has 0 saturated heterocycles. The third-order valence-electron chi connectivity index (χ3n) is 3.23. The first-order valence-corrected chi connectivity index (χ1v) is 5.41. The maximum Gasteiger partial charge on any atom is 0.101 e. The minimum atomic E-state index is 0.418. The van der Waals surface area contributed by atoms with Gasteiger partial charge in [0.05, 0.1) is 6.26 Å². The summed E-state index contributed by atoms with van der Waals surface area (Å²) in [7, 11) is 0. The largest absolute Gasteiger partial charge is 0.498 e. The van der Waals surface area contributed by atoms with Crippen LogP contribution in [0.5, 0.6) is 0 Å². The summed E-state index contributed by atoms with van der Waals surface area (Å²) in [5.74, 6) is 2.28. The van der Waals surface area contributed by atoms with Crippen molar-refractivity contribution in [3.63, 3.8) is 0 Å². The fourth-order valence-electron chi connectivity index (χ4n) is 2.39. The van der Waals surface area contributed by atoms with Crippen LogP contribution >= 0.6 is 0 Å². The lowest BCUT2D eigenvalue weighted by Gasteiger charge is -2.36. The second-order valence-electron chi connectivity index (χ2n) is 4.67. The zero-order valence-electron chi connectivity index (χ0n) is 9.12. The van der Waals surface area contributed by atoms with E-state index in [9.17, 15) is 0 Å². The Bertz CT molecular complexity index is 163. The lowest BCUT2D eigenvalue weighted by molar-refractivity contribution is 0.0140. The Morgan fingerprint density at radius 3 is 2.62 bits per heavy atom. The average molecular weight is 182 g/mol. The highest BCUT2D eigenvalue weighted by atomic mass is 16.5. The van der Waals surface area contributed by atoms with Gasteiger partial charge in [0.2, 0.25) is 0 Å². The van der Waals surface area contributed by atoms with Gasteiger partial charge >= 0.3 is 0 Å². The van der Waals surface area contributed by atoms with E-state index in [1.165, 1.54) is 19.3 Å². The molecule has 0 spiro atoms. The molecule has 1 saturated carbocycles. The van der Waals surface area contributed by atoms with Crippen LogP contribution in [-0.4, -0.2) is 6.10 Å². The Balaban J connectivity index is 2.54. The highest BCUT2D eigenvalue weighted by Crippen LogP contribution is 2.35. The number of rotatable bonds is 3. The summed E-state index contributed by atoms with van der Waals surface area (Å²) in [5.41, 5.74) is 0. The summed E-state index contributed by atoms with van der Waals surface area (Å²) in [4.78, 5) is 0. The molecule has 1 aliphatic carbocycles. The third kappa shape index (κ3) is 2.75. The fourth-order valence-corrected chi connectivity index (χ4v) is 2.39. The molecule has 0 bridgehead atoms. The molecule has 1 aliphatic rings. The van der Waals surface area contributed by atoms with E-state index in [1.54, 1.807) is 6.26 Å². The lowest BCUT2D eigenvalue weighted by atomic mass is 9.75. The van der Waals surface area contributed by atoms with E-state index in [-0.39, 0.29) is 0 Å². The van der Waals surface area contributed by atoms with Crippen molar-refractivity contribution in [3.05, 3.63) is 12.8 Å². The van der Waals surface area contributed by atoms with Gasteiger partial charge < -0.3 is 4.74 Å². The maximum atomic E-state index is 5.59. The van der Waals surface area contributed by atoms with Crippen molar-refractivity contribution >= 4 is 0 Å². The second-order valence-corrected chi connectivity index (χ2v) is 4.67. The van der Waals surface area contributed by atoms with Crippen LogP contribution in [0.4, 0.5) is 0 Å². The van der Waals surface area contributed by atoms with Gasteiger partial charge in [-0.1, -0.05) is 33.8 Å². The van der Waals surface area contributed by atoms with Crippen molar-refractivity contribution < 1.29 is 4.74 Å². The summed E-state index contributed by atoms with van der Waals surface area (Å²) in [5, 5.41) is 0. The van der Waals surface area contributed by atoms with Crippen LogP contribution in [0, 0.1) is 17.8 Å². The highest BCUT2D eigenvalue weighted by molar-refractivity contribution is 4.82. The Kier molecular flexibility index (Phi) is 3.83. The molecule has 1 fully saturated rings. The van der Waals surface area contributed by atoms with Crippen LogP contribution in [0.3, 0.4) is 0 Å². The summed E-state index contributed by atoms with van der Waals surface area (Å²) < 4.78 is 5.59. The van der Waals surface area contributed by atoms with Crippen molar-refractivity contribution in [1.29, 1.82) is 0 Å². The molecular formula is C12H22O. The minimum absolute atomic E-state index is 0.418. The molecule has 0 amide bonds. The molecule has 1 heteroatoms. The van der Waals surface area contributed by atoms with E-state index in [2.05, 4.69) is 27.4 Å². The Morgan fingerprint density at radius 1 is 1.38 bits per heavy atom. The first-order valence-electron chi connectivity index (χ1n) is 5.41. The summed E-state index contributed by atoms with van der Waals surface area (Å²) >= 11 is 0. The molecule has 0 aliphatic heterocycles. The molecule has 3 atom stereocenters. The predicted octanol–water partition coefficient (Wildman–Crippen LogP) is 3.61. The maximum absolute atomic E-state index is 5.59. The SMILES string of the molecule is C=CO[C@H]1C[C@@H](C)CC[C@@H]1C(C)C. The van der Waals surface area contributed by atoms with Crippen LogP contribution in [0.1, 0.15) is 40.0 Å². The van der Waals surface area contributed by atoms with Crippen molar-refractivity contribution in [2.45, 2.75) is 46.1 Å². The normalized spacial score (nSPS) is 34.6. The topological polar surface area (TPSA) is 9.23 Å². The smallest absolute Gasteiger partial charge is 0.101 e. The molecule has 13 heavy (non-hydrogen) atoms.